The first-order chi connectivity index (χ1) is 4.76. The van der Waals surface area contributed by atoms with Crippen LogP contribution >= 0.6 is 0 Å². The highest BCUT2D eigenvalue weighted by Gasteiger charge is 2.18. The summed E-state index contributed by atoms with van der Waals surface area (Å²) in [6, 6.07) is 0. The fraction of sp³-hybridized carbons (Fsp3) is 0.667. The summed E-state index contributed by atoms with van der Waals surface area (Å²) in [7, 11) is 1.25. The van der Waals surface area contributed by atoms with Crippen molar-refractivity contribution in [2.24, 2.45) is 0 Å². The fourth-order valence-corrected chi connectivity index (χ4v) is 0.548. The molecule has 0 spiro atoms. The van der Waals surface area contributed by atoms with Gasteiger partial charge in [-0.1, -0.05) is 6.92 Å². The minimum absolute atomic E-state index is 0.0741. The quantitative estimate of drug-likeness (QED) is 0.251. The lowest BCUT2D eigenvalue weighted by Gasteiger charge is -1.89. The van der Waals surface area contributed by atoms with E-state index in [4.69, 9.17) is 5.53 Å². The van der Waals surface area contributed by atoms with Gasteiger partial charge >= 0.3 is 11.7 Å². The first kappa shape index (κ1) is 8.85. The third-order valence-corrected chi connectivity index (χ3v) is 1.03. The van der Waals surface area contributed by atoms with Crippen molar-refractivity contribution in [1.82, 2.24) is 0 Å². The van der Waals surface area contributed by atoms with Crippen molar-refractivity contribution in [2.45, 2.75) is 19.8 Å². The molecule has 0 aliphatic heterocycles. The van der Waals surface area contributed by atoms with Crippen molar-refractivity contribution < 1.29 is 14.3 Å². The standard InChI is InChI=1S/C6H10N2O2/c1-3-4-5(8-7)6(9)10-2/h3-4H2,1-2H3. The van der Waals surface area contributed by atoms with Gasteiger partial charge < -0.3 is 10.3 Å². The number of carbonyl (C=O) groups is 1. The molecule has 0 aromatic heterocycles. The summed E-state index contributed by atoms with van der Waals surface area (Å²) in [5.74, 6) is -0.565. The van der Waals surface area contributed by atoms with E-state index in [0.29, 0.717) is 6.42 Å². The molecule has 56 valence electrons. The van der Waals surface area contributed by atoms with Crippen LogP contribution in [0.25, 0.3) is 5.53 Å². The van der Waals surface area contributed by atoms with Crippen molar-refractivity contribution in [2.75, 3.05) is 7.11 Å². The number of carbonyl (C=O) groups excluding carboxylic acids is 1. The third-order valence-electron chi connectivity index (χ3n) is 1.03. The van der Waals surface area contributed by atoms with Crippen LogP contribution in [0.3, 0.4) is 0 Å². The van der Waals surface area contributed by atoms with Gasteiger partial charge in [0.25, 0.3) is 0 Å². The summed E-state index contributed by atoms with van der Waals surface area (Å²) in [5.41, 5.74) is 8.32. The van der Waals surface area contributed by atoms with E-state index in [1.54, 1.807) is 0 Å². The molecule has 0 heterocycles. The van der Waals surface area contributed by atoms with Gasteiger partial charge in [-0.25, -0.2) is 4.79 Å². The second kappa shape index (κ2) is 4.70. The molecule has 0 fully saturated rings. The first-order valence-corrected chi connectivity index (χ1v) is 3.05. The Kier molecular flexibility index (Phi) is 4.16. The van der Waals surface area contributed by atoms with E-state index < -0.39 is 5.97 Å². The monoisotopic (exact) mass is 142 g/mol. The van der Waals surface area contributed by atoms with E-state index in [1.165, 1.54) is 7.11 Å². The lowest BCUT2D eigenvalue weighted by Crippen LogP contribution is -2.16. The van der Waals surface area contributed by atoms with E-state index in [1.807, 2.05) is 6.92 Å². The molecule has 10 heavy (non-hydrogen) atoms. The van der Waals surface area contributed by atoms with Crippen LogP contribution in [0.1, 0.15) is 19.8 Å². The van der Waals surface area contributed by atoms with Crippen LogP contribution in [0.2, 0.25) is 0 Å². The van der Waals surface area contributed by atoms with Crippen molar-refractivity contribution in [3.63, 3.8) is 0 Å². The van der Waals surface area contributed by atoms with Gasteiger partial charge in [0.05, 0.1) is 13.5 Å². The van der Waals surface area contributed by atoms with Crippen molar-refractivity contribution >= 4 is 11.7 Å². The average Bonchev–Trinajstić information content (AvgIpc) is 1.99. The van der Waals surface area contributed by atoms with Gasteiger partial charge in [0.2, 0.25) is 0 Å². The van der Waals surface area contributed by atoms with E-state index in [9.17, 15) is 4.79 Å². The maximum atomic E-state index is 10.6. The fourth-order valence-electron chi connectivity index (χ4n) is 0.548. The Morgan fingerprint density at radius 2 is 2.30 bits per heavy atom. The SMILES string of the molecule is CCCC(=[N+]=[N-])C(=O)OC. The first-order valence-electron chi connectivity index (χ1n) is 3.05. The van der Waals surface area contributed by atoms with Gasteiger partial charge in [-0.2, -0.15) is 4.79 Å². The Morgan fingerprint density at radius 3 is 2.60 bits per heavy atom. The Labute approximate surface area is 59.4 Å². The maximum absolute atomic E-state index is 10.6. The molecule has 0 N–H and O–H groups in total. The summed E-state index contributed by atoms with van der Waals surface area (Å²) in [6.07, 6.45) is 1.21. The Bertz CT molecular complexity index is 171. The van der Waals surface area contributed by atoms with Crippen molar-refractivity contribution in [3.05, 3.63) is 5.53 Å². The highest BCUT2D eigenvalue weighted by Crippen LogP contribution is 1.90. The zero-order chi connectivity index (χ0) is 7.98. The molecular weight excluding hydrogens is 132 g/mol. The largest absolute Gasteiger partial charge is 0.460 e. The molecule has 0 aliphatic carbocycles. The number of nitrogens with zero attached hydrogens (tertiary/aromatic N) is 2. The molecule has 0 saturated heterocycles. The van der Waals surface area contributed by atoms with E-state index in [0.717, 1.165) is 6.42 Å². The van der Waals surface area contributed by atoms with Crippen LogP contribution in [-0.4, -0.2) is 23.6 Å². The smallest absolute Gasteiger partial charge is 0.416 e. The van der Waals surface area contributed by atoms with Crippen LogP contribution < -0.4 is 0 Å². The molecule has 0 amide bonds. The zero-order valence-electron chi connectivity index (χ0n) is 6.13. The summed E-state index contributed by atoms with van der Waals surface area (Å²) in [4.78, 5) is 13.4. The number of esters is 1. The zero-order valence-corrected chi connectivity index (χ0v) is 6.13. The maximum Gasteiger partial charge on any atom is 0.416 e. The Morgan fingerprint density at radius 1 is 1.70 bits per heavy atom. The van der Waals surface area contributed by atoms with Gasteiger partial charge in [0, 0.05) is 0 Å². The molecule has 4 heteroatoms. The van der Waals surface area contributed by atoms with Gasteiger partial charge in [-0.05, 0) is 6.42 Å². The predicted octanol–water partition coefficient (Wildman–Crippen LogP) is 0.630. The highest BCUT2D eigenvalue weighted by molar-refractivity contribution is 6.33. The van der Waals surface area contributed by atoms with Crippen LogP contribution in [0.15, 0.2) is 0 Å². The molecule has 0 aromatic rings. The number of rotatable bonds is 3. The predicted molar refractivity (Wildman–Crippen MR) is 35.6 cm³/mol. The molecule has 0 atom stereocenters. The van der Waals surface area contributed by atoms with Crippen LogP contribution in [0, 0.1) is 0 Å². The number of methoxy groups -OCH3 is 1. The Balaban J connectivity index is 4.09. The van der Waals surface area contributed by atoms with Gasteiger partial charge in [0.15, 0.2) is 0 Å². The molecule has 0 aromatic carbocycles. The second-order valence-electron chi connectivity index (χ2n) is 1.79. The number of hydrogen-bond acceptors (Lipinski definition) is 2. The van der Waals surface area contributed by atoms with E-state index in [-0.39, 0.29) is 5.71 Å². The third kappa shape index (κ3) is 2.42. The average molecular weight is 142 g/mol. The second-order valence-corrected chi connectivity index (χ2v) is 1.79. The molecule has 0 bridgehead atoms. The molecular formula is C6H10N2O2. The van der Waals surface area contributed by atoms with Crippen LogP contribution in [-0.2, 0) is 9.53 Å². The van der Waals surface area contributed by atoms with Crippen LogP contribution in [0.4, 0.5) is 0 Å². The molecule has 0 saturated carbocycles. The summed E-state index contributed by atoms with van der Waals surface area (Å²) in [5, 5.41) is 0. The minimum atomic E-state index is -0.565. The van der Waals surface area contributed by atoms with Gasteiger partial charge in [-0.3, -0.25) is 0 Å². The number of ether oxygens (including phenoxy) is 1. The van der Waals surface area contributed by atoms with Crippen molar-refractivity contribution in [1.29, 1.82) is 0 Å². The normalized spacial score (nSPS) is 8.20. The lowest BCUT2D eigenvalue weighted by atomic mass is 10.2. The molecule has 0 radical (unpaired) electrons. The van der Waals surface area contributed by atoms with Gasteiger partial charge in [0.1, 0.15) is 0 Å². The molecule has 0 rings (SSSR count). The van der Waals surface area contributed by atoms with Gasteiger partial charge in [-0.15, -0.1) is 0 Å². The summed E-state index contributed by atoms with van der Waals surface area (Å²) < 4.78 is 4.33. The van der Waals surface area contributed by atoms with E-state index in [2.05, 4.69) is 9.53 Å². The van der Waals surface area contributed by atoms with E-state index >= 15 is 0 Å². The lowest BCUT2D eigenvalue weighted by molar-refractivity contribution is -0.137. The molecule has 4 nitrogen and oxygen atoms in total. The van der Waals surface area contributed by atoms with Crippen molar-refractivity contribution in [3.8, 4) is 0 Å². The molecule has 0 unspecified atom stereocenters. The topological polar surface area (TPSA) is 62.7 Å². The minimum Gasteiger partial charge on any atom is -0.460 e. The molecule has 0 aliphatic rings. The van der Waals surface area contributed by atoms with Crippen LogP contribution in [0.5, 0.6) is 0 Å². The Hall–Kier alpha value is -1.15. The summed E-state index contributed by atoms with van der Waals surface area (Å²) in [6.45, 7) is 1.88. The number of hydrogen-bond donors (Lipinski definition) is 0. The highest BCUT2D eigenvalue weighted by atomic mass is 16.5. The summed E-state index contributed by atoms with van der Waals surface area (Å²) >= 11 is 0.